The molecule has 0 spiro atoms. The number of nitrogens with one attached hydrogen (secondary N) is 1. The molecule has 0 saturated carbocycles. The minimum absolute atomic E-state index is 0.374. The number of hydrogen-bond acceptors (Lipinski definition) is 3. The highest BCUT2D eigenvalue weighted by Gasteiger charge is 2.33. The van der Waals surface area contributed by atoms with Gasteiger partial charge in [-0.1, -0.05) is 0 Å². The summed E-state index contributed by atoms with van der Waals surface area (Å²) in [5.74, 6) is 0.707. The molecular weight excluding hydrogens is 128 g/mol. The minimum Gasteiger partial charge on any atom is -0.317 e. The van der Waals surface area contributed by atoms with Gasteiger partial charge in [0.05, 0.1) is 0 Å². The van der Waals surface area contributed by atoms with Crippen LogP contribution < -0.4 is 5.48 Å². The number of rotatable bonds is 1. The SMILES string of the molecule is ONC1CCN2CCC1C2. The third-order valence-electron chi connectivity index (χ3n) is 2.80. The van der Waals surface area contributed by atoms with Crippen molar-refractivity contribution in [3.63, 3.8) is 0 Å². The molecule has 0 aromatic carbocycles. The molecule has 3 nitrogen and oxygen atoms in total. The molecule has 2 heterocycles. The summed E-state index contributed by atoms with van der Waals surface area (Å²) in [6, 6.07) is 0.374. The molecule has 0 aliphatic carbocycles. The van der Waals surface area contributed by atoms with Crippen molar-refractivity contribution < 1.29 is 5.21 Å². The first-order valence-electron chi connectivity index (χ1n) is 4.02. The van der Waals surface area contributed by atoms with Gasteiger partial charge in [0, 0.05) is 12.6 Å². The number of hydrogen-bond donors (Lipinski definition) is 2. The maximum absolute atomic E-state index is 8.74. The minimum atomic E-state index is 0.374. The van der Waals surface area contributed by atoms with Gasteiger partial charge in [0.25, 0.3) is 0 Å². The first kappa shape index (κ1) is 6.58. The average molecular weight is 142 g/mol. The molecule has 0 amide bonds. The summed E-state index contributed by atoms with van der Waals surface area (Å²) in [5, 5.41) is 8.74. The van der Waals surface area contributed by atoms with E-state index in [9.17, 15) is 0 Å². The molecule has 2 fully saturated rings. The van der Waals surface area contributed by atoms with E-state index in [0.29, 0.717) is 12.0 Å². The molecule has 3 atom stereocenters. The van der Waals surface area contributed by atoms with Crippen molar-refractivity contribution in [2.45, 2.75) is 18.9 Å². The van der Waals surface area contributed by atoms with Crippen LogP contribution in [0, 0.1) is 5.92 Å². The fourth-order valence-electron chi connectivity index (χ4n) is 2.12. The number of piperidine rings is 1. The second-order valence-electron chi connectivity index (χ2n) is 3.37. The highest BCUT2D eigenvalue weighted by Crippen LogP contribution is 2.26. The van der Waals surface area contributed by atoms with Gasteiger partial charge < -0.3 is 10.1 Å². The van der Waals surface area contributed by atoms with Crippen molar-refractivity contribution >= 4 is 0 Å². The maximum Gasteiger partial charge on any atom is 0.0372 e. The van der Waals surface area contributed by atoms with Crippen LogP contribution in [0.3, 0.4) is 0 Å². The number of hydroxylamine groups is 1. The lowest BCUT2D eigenvalue weighted by Gasteiger charge is -2.28. The summed E-state index contributed by atoms with van der Waals surface area (Å²) in [7, 11) is 0. The van der Waals surface area contributed by atoms with E-state index in [2.05, 4.69) is 10.4 Å². The summed E-state index contributed by atoms with van der Waals surface area (Å²) in [5.41, 5.74) is 2.40. The molecule has 2 saturated heterocycles. The van der Waals surface area contributed by atoms with Crippen molar-refractivity contribution in [1.29, 1.82) is 0 Å². The molecular formula is C7H14N2O. The predicted molar refractivity (Wildman–Crippen MR) is 37.9 cm³/mol. The Morgan fingerprint density at radius 2 is 2.10 bits per heavy atom. The van der Waals surface area contributed by atoms with Crippen LogP contribution in [0.25, 0.3) is 0 Å². The second-order valence-corrected chi connectivity index (χ2v) is 3.37. The van der Waals surface area contributed by atoms with Crippen LogP contribution in [0.15, 0.2) is 0 Å². The molecule has 2 aliphatic heterocycles. The van der Waals surface area contributed by atoms with Crippen molar-refractivity contribution in [1.82, 2.24) is 10.4 Å². The van der Waals surface area contributed by atoms with Gasteiger partial charge in [0.15, 0.2) is 0 Å². The van der Waals surface area contributed by atoms with Gasteiger partial charge in [-0.2, -0.15) is 0 Å². The molecule has 2 N–H and O–H groups in total. The zero-order valence-corrected chi connectivity index (χ0v) is 6.08. The Hall–Kier alpha value is -0.120. The molecule has 3 unspecified atom stereocenters. The van der Waals surface area contributed by atoms with Gasteiger partial charge in [-0.15, -0.1) is 0 Å². The first-order valence-corrected chi connectivity index (χ1v) is 4.02. The van der Waals surface area contributed by atoms with Crippen LogP contribution in [0.1, 0.15) is 12.8 Å². The fourth-order valence-corrected chi connectivity index (χ4v) is 2.12. The van der Waals surface area contributed by atoms with Crippen LogP contribution >= 0.6 is 0 Å². The summed E-state index contributed by atoms with van der Waals surface area (Å²) in [4.78, 5) is 2.47. The topological polar surface area (TPSA) is 35.5 Å². The molecule has 2 rings (SSSR count). The van der Waals surface area contributed by atoms with Crippen molar-refractivity contribution in [2.75, 3.05) is 19.6 Å². The Kier molecular flexibility index (Phi) is 1.64. The highest BCUT2D eigenvalue weighted by atomic mass is 16.5. The molecule has 0 aromatic heterocycles. The standard InChI is InChI=1S/C7H14N2O/c10-8-7-2-4-9-3-1-6(7)5-9/h6-8,10H,1-5H2. The van der Waals surface area contributed by atoms with E-state index in [0.717, 1.165) is 13.0 Å². The molecule has 2 aliphatic rings. The summed E-state index contributed by atoms with van der Waals surface area (Å²) in [6.45, 7) is 3.59. The van der Waals surface area contributed by atoms with Gasteiger partial charge >= 0.3 is 0 Å². The lowest BCUT2D eigenvalue weighted by atomic mass is 9.95. The van der Waals surface area contributed by atoms with Crippen LogP contribution in [0.5, 0.6) is 0 Å². The Labute approximate surface area is 61.0 Å². The average Bonchev–Trinajstić information content (AvgIpc) is 2.34. The summed E-state index contributed by atoms with van der Waals surface area (Å²) >= 11 is 0. The lowest BCUT2D eigenvalue weighted by molar-refractivity contribution is 0.0747. The van der Waals surface area contributed by atoms with Crippen LogP contribution in [-0.4, -0.2) is 35.8 Å². The van der Waals surface area contributed by atoms with Crippen molar-refractivity contribution in [2.24, 2.45) is 5.92 Å². The Bertz CT molecular complexity index is 129. The van der Waals surface area contributed by atoms with E-state index < -0.39 is 0 Å². The fraction of sp³-hybridized carbons (Fsp3) is 1.00. The van der Waals surface area contributed by atoms with Gasteiger partial charge in [-0.3, -0.25) is 0 Å². The normalized spacial score (nSPS) is 45.9. The smallest absolute Gasteiger partial charge is 0.0372 e. The molecule has 3 heteroatoms. The monoisotopic (exact) mass is 142 g/mol. The maximum atomic E-state index is 8.74. The Morgan fingerprint density at radius 1 is 1.30 bits per heavy atom. The zero-order chi connectivity index (χ0) is 6.97. The Morgan fingerprint density at radius 3 is 2.90 bits per heavy atom. The molecule has 0 aromatic rings. The highest BCUT2D eigenvalue weighted by molar-refractivity contribution is 4.88. The van der Waals surface area contributed by atoms with E-state index in [1.165, 1.54) is 19.5 Å². The van der Waals surface area contributed by atoms with Crippen LogP contribution in [0.4, 0.5) is 0 Å². The Balaban J connectivity index is 2.00. The van der Waals surface area contributed by atoms with Crippen molar-refractivity contribution in [3.8, 4) is 0 Å². The second kappa shape index (κ2) is 2.49. The van der Waals surface area contributed by atoms with E-state index in [-0.39, 0.29) is 0 Å². The van der Waals surface area contributed by atoms with E-state index in [1.807, 2.05) is 0 Å². The third kappa shape index (κ3) is 0.944. The van der Waals surface area contributed by atoms with Gasteiger partial charge in [-0.25, -0.2) is 5.48 Å². The number of nitrogens with zero attached hydrogens (tertiary/aromatic N) is 1. The van der Waals surface area contributed by atoms with Crippen molar-refractivity contribution in [3.05, 3.63) is 0 Å². The van der Waals surface area contributed by atoms with E-state index in [1.54, 1.807) is 0 Å². The van der Waals surface area contributed by atoms with E-state index in [4.69, 9.17) is 5.21 Å². The van der Waals surface area contributed by atoms with Gasteiger partial charge in [0.1, 0.15) is 0 Å². The predicted octanol–water partition coefficient (Wildman–Crippen LogP) is 0.0594. The quantitative estimate of drug-likeness (QED) is 0.508. The molecule has 58 valence electrons. The lowest BCUT2D eigenvalue weighted by Crippen LogP contribution is -2.42. The molecule has 2 bridgehead atoms. The number of fused-ring (bicyclic) bond motifs is 2. The molecule has 0 radical (unpaired) electrons. The van der Waals surface area contributed by atoms with Crippen LogP contribution in [0.2, 0.25) is 0 Å². The van der Waals surface area contributed by atoms with Gasteiger partial charge in [0.2, 0.25) is 0 Å². The van der Waals surface area contributed by atoms with E-state index >= 15 is 0 Å². The van der Waals surface area contributed by atoms with Crippen LogP contribution in [-0.2, 0) is 0 Å². The first-order chi connectivity index (χ1) is 4.90. The third-order valence-corrected chi connectivity index (χ3v) is 2.80. The summed E-state index contributed by atoms with van der Waals surface area (Å²) < 4.78 is 0. The van der Waals surface area contributed by atoms with Gasteiger partial charge in [-0.05, 0) is 31.8 Å². The summed E-state index contributed by atoms with van der Waals surface area (Å²) in [6.07, 6.45) is 2.37. The largest absolute Gasteiger partial charge is 0.317 e. The zero-order valence-electron chi connectivity index (χ0n) is 6.08. The molecule has 10 heavy (non-hydrogen) atoms.